The number of carbonyl (C=O) groups is 3. The number of nitrogens with zero attached hydrogens (tertiary/aromatic N) is 1. The first-order chi connectivity index (χ1) is 12.0. The Morgan fingerprint density at radius 1 is 1.28 bits per heavy atom. The molecule has 1 unspecified atom stereocenters. The van der Waals surface area contributed by atoms with E-state index in [2.05, 4.69) is 10.6 Å². The van der Waals surface area contributed by atoms with Gasteiger partial charge in [0.25, 0.3) is 0 Å². The van der Waals surface area contributed by atoms with Crippen LogP contribution in [0.2, 0.25) is 0 Å². The molecule has 0 fully saturated rings. The van der Waals surface area contributed by atoms with Gasteiger partial charge in [-0.25, -0.2) is 4.79 Å². The lowest BCUT2D eigenvalue weighted by Crippen LogP contribution is -2.47. The number of nitrogens with one attached hydrogen (secondary N) is 2. The zero-order valence-electron chi connectivity index (χ0n) is 13.1. The summed E-state index contributed by atoms with van der Waals surface area (Å²) in [6, 6.07) is 8.57. The second-order valence-corrected chi connectivity index (χ2v) is 5.98. The Kier molecular flexibility index (Phi) is 6.26. The molecule has 1 atom stereocenters. The van der Waals surface area contributed by atoms with E-state index < -0.39 is 23.8 Å². The van der Waals surface area contributed by atoms with Crippen LogP contribution in [0.3, 0.4) is 0 Å². The summed E-state index contributed by atoms with van der Waals surface area (Å²) in [5.74, 6) is -2.46. The summed E-state index contributed by atoms with van der Waals surface area (Å²) >= 11 is 1.53. The molecule has 0 radical (unpaired) electrons. The Balaban J connectivity index is 2.19. The molecular weight excluding hydrogens is 342 g/mol. The summed E-state index contributed by atoms with van der Waals surface area (Å²) in [6.45, 7) is -0.180. The maximum absolute atomic E-state index is 12.2. The van der Waals surface area contributed by atoms with Crippen LogP contribution in [0.25, 0.3) is 10.1 Å². The molecule has 0 bridgehead atoms. The highest BCUT2D eigenvalue weighted by molar-refractivity contribution is 7.17. The van der Waals surface area contributed by atoms with E-state index in [1.165, 1.54) is 11.3 Å². The van der Waals surface area contributed by atoms with Crippen molar-refractivity contribution < 1.29 is 19.5 Å². The molecule has 0 aliphatic carbocycles. The fourth-order valence-electron chi connectivity index (χ4n) is 2.24. The Bertz CT molecular complexity index is 866. The SMILES string of the molecule is N#CCNC(=O)C(Cc1csc2ccccc12)NC(=O)C=CC(=O)O. The van der Waals surface area contributed by atoms with Gasteiger partial charge in [0.05, 0.1) is 6.07 Å². The molecular formula is C17H15N3O4S. The van der Waals surface area contributed by atoms with Gasteiger partial charge >= 0.3 is 5.97 Å². The van der Waals surface area contributed by atoms with Crippen LogP contribution in [0.15, 0.2) is 41.8 Å². The van der Waals surface area contributed by atoms with Gasteiger partial charge in [-0.2, -0.15) is 5.26 Å². The van der Waals surface area contributed by atoms with E-state index in [1.807, 2.05) is 29.6 Å². The van der Waals surface area contributed by atoms with E-state index in [0.717, 1.165) is 21.7 Å². The molecule has 8 heteroatoms. The molecule has 0 saturated heterocycles. The quantitative estimate of drug-likeness (QED) is 0.508. The molecule has 0 aliphatic heterocycles. The number of carbonyl (C=O) groups excluding carboxylic acids is 2. The van der Waals surface area contributed by atoms with E-state index in [-0.39, 0.29) is 13.0 Å². The van der Waals surface area contributed by atoms with Crippen LogP contribution >= 0.6 is 11.3 Å². The van der Waals surface area contributed by atoms with Crippen LogP contribution in [0, 0.1) is 11.3 Å². The molecule has 7 nitrogen and oxygen atoms in total. The monoisotopic (exact) mass is 357 g/mol. The third-order valence-electron chi connectivity index (χ3n) is 3.34. The number of benzene rings is 1. The van der Waals surface area contributed by atoms with Crippen molar-refractivity contribution in [2.75, 3.05) is 6.54 Å². The van der Waals surface area contributed by atoms with Crippen LogP contribution in [0.1, 0.15) is 5.56 Å². The summed E-state index contributed by atoms with van der Waals surface area (Å²) in [7, 11) is 0. The lowest BCUT2D eigenvalue weighted by molar-refractivity contribution is -0.131. The molecule has 2 rings (SSSR count). The van der Waals surface area contributed by atoms with Crippen molar-refractivity contribution in [3.63, 3.8) is 0 Å². The van der Waals surface area contributed by atoms with Crippen LogP contribution in [0.5, 0.6) is 0 Å². The maximum Gasteiger partial charge on any atom is 0.328 e. The normalized spacial score (nSPS) is 11.8. The largest absolute Gasteiger partial charge is 0.478 e. The molecule has 0 saturated carbocycles. The van der Waals surface area contributed by atoms with Gasteiger partial charge in [-0.05, 0) is 22.4 Å². The zero-order chi connectivity index (χ0) is 18.2. The molecule has 0 spiro atoms. The van der Waals surface area contributed by atoms with E-state index in [1.54, 1.807) is 6.07 Å². The van der Waals surface area contributed by atoms with E-state index in [9.17, 15) is 14.4 Å². The molecule has 0 aliphatic rings. The van der Waals surface area contributed by atoms with E-state index in [0.29, 0.717) is 6.08 Å². The number of hydrogen-bond donors (Lipinski definition) is 3. The number of thiophene rings is 1. The average molecular weight is 357 g/mol. The molecule has 1 aromatic carbocycles. The fraction of sp³-hybridized carbons (Fsp3) is 0.176. The number of amides is 2. The first kappa shape index (κ1) is 18.2. The highest BCUT2D eigenvalue weighted by Crippen LogP contribution is 2.26. The van der Waals surface area contributed by atoms with Crippen molar-refractivity contribution in [2.24, 2.45) is 0 Å². The van der Waals surface area contributed by atoms with Gasteiger partial charge in [0.2, 0.25) is 11.8 Å². The molecule has 1 heterocycles. The number of carboxylic acid groups (broad SMARTS) is 1. The predicted molar refractivity (Wildman–Crippen MR) is 92.9 cm³/mol. The lowest BCUT2D eigenvalue weighted by atomic mass is 10.0. The van der Waals surface area contributed by atoms with Crippen LogP contribution in [0.4, 0.5) is 0 Å². The second-order valence-electron chi connectivity index (χ2n) is 5.07. The van der Waals surface area contributed by atoms with Crippen molar-refractivity contribution in [3.8, 4) is 6.07 Å². The highest BCUT2D eigenvalue weighted by Gasteiger charge is 2.21. The molecule has 128 valence electrons. The van der Waals surface area contributed by atoms with E-state index in [4.69, 9.17) is 10.4 Å². The summed E-state index contributed by atoms with van der Waals surface area (Å²) in [4.78, 5) is 34.5. The summed E-state index contributed by atoms with van der Waals surface area (Å²) in [5.41, 5.74) is 0.889. The smallest absolute Gasteiger partial charge is 0.328 e. The van der Waals surface area contributed by atoms with Crippen LogP contribution in [-0.4, -0.2) is 35.5 Å². The van der Waals surface area contributed by atoms with E-state index >= 15 is 0 Å². The van der Waals surface area contributed by atoms with Gasteiger partial charge in [-0.3, -0.25) is 9.59 Å². The van der Waals surface area contributed by atoms with Gasteiger partial charge in [0.1, 0.15) is 12.6 Å². The van der Waals surface area contributed by atoms with Gasteiger partial charge in [0.15, 0.2) is 0 Å². The molecule has 1 aromatic heterocycles. The summed E-state index contributed by atoms with van der Waals surface area (Å²) in [6.07, 6.45) is 1.77. The van der Waals surface area contributed by atoms with Gasteiger partial charge in [0, 0.05) is 23.3 Å². The Morgan fingerprint density at radius 2 is 2.04 bits per heavy atom. The summed E-state index contributed by atoms with van der Waals surface area (Å²) in [5, 5.41) is 24.9. The molecule has 25 heavy (non-hydrogen) atoms. The first-order valence-corrected chi connectivity index (χ1v) is 8.20. The standard InChI is InChI=1S/C17H15N3O4S/c18-7-8-19-17(24)13(20-15(21)5-6-16(22)23)9-11-10-25-14-4-2-1-3-12(11)14/h1-6,10,13H,8-9H2,(H,19,24)(H,20,21)(H,22,23). The number of aliphatic carboxylic acids is 1. The minimum atomic E-state index is -1.26. The Labute approximate surface area is 147 Å². The Hall–Kier alpha value is -3.18. The first-order valence-electron chi connectivity index (χ1n) is 7.32. The van der Waals surface area contributed by atoms with Crippen molar-refractivity contribution in [1.82, 2.24) is 10.6 Å². The predicted octanol–water partition coefficient (Wildman–Crippen LogP) is 1.21. The highest BCUT2D eigenvalue weighted by atomic mass is 32.1. The van der Waals surface area contributed by atoms with Gasteiger partial charge < -0.3 is 15.7 Å². The molecule has 2 amide bonds. The number of nitriles is 1. The van der Waals surface area contributed by atoms with Crippen molar-refractivity contribution in [1.29, 1.82) is 5.26 Å². The average Bonchev–Trinajstić information content (AvgIpc) is 3.00. The van der Waals surface area contributed by atoms with Crippen molar-refractivity contribution >= 4 is 39.2 Å². The fourth-order valence-corrected chi connectivity index (χ4v) is 3.21. The zero-order valence-corrected chi connectivity index (χ0v) is 13.9. The number of rotatable bonds is 7. The lowest BCUT2D eigenvalue weighted by Gasteiger charge is -2.16. The van der Waals surface area contributed by atoms with Crippen molar-refractivity contribution in [2.45, 2.75) is 12.5 Å². The third kappa shape index (κ3) is 5.16. The minimum Gasteiger partial charge on any atom is -0.478 e. The molecule has 3 N–H and O–H groups in total. The van der Waals surface area contributed by atoms with Crippen molar-refractivity contribution in [3.05, 3.63) is 47.4 Å². The maximum atomic E-state index is 12.2. The second kappa shape index (κ2) is 8.61. The van der Waals surface area contributed by atoms with Crippen LogP contribution in [-0.2, 0) is 20.8 Å². The topological polar surface area (TPSA) is 119 Å². The van der Waals surface area contributed by atoms with Crippen LogP contribution < -0.4 is 10.6 Å². The third-order valence-corrected chi connectivity index (χ3v) is 4.35. The Morgan fingerprint density at radius 3 is 2.76 bits per heavy atom. The number of hydrogen-bond acceptors (Lipinski definition) is 5. The number of fused-ring (bicyclic) bond motifs is 1. The van der Waals surface area contributed by atoms with Gasteiger partial charge in [-0.15, -0.1) is 11.3 Å². The molecule has 2 aromatic rings. The summed E-state index contributed by atoms with van der Waals surface area (Å²) < 4.78 is 1.06. The minimum absolute atomic E-state index is 0.180. The van der Waals surface area contributed by atoms with Gasteiger partial charge in [-0.1, -0.05) is 18.2 Å². The number of carboxylic acids is 1.